The van der Waals surface area contributed by atoms with Gasteiger partial charge < -0.3 is 14.8 Å². The number of fused-ring (bicyclic) bond motifs is 1. The fourth-order valence-corrected chi connectivity index (χ4v) is 4.51. The number of sulfonamides is 1. The number of ether oxygens (including phenoxy) is 1. The Bertz CT molecular complexity index is 1180. The van der Waals surface area contributed by atoms with Gasteiger partial charge in [-0.15, -0.1) is 0 Å². The molecular formula is C20H21FN2O5S. The fraction of sp³-hybridized carbons (Fsp3) is 0.250. The highest BCUT2D eigenvalue weighted by Crippen LogP contribution is 2.23. The molecule has 0 saturated carbocycles. The largest absolute Gasteiger partial charge is 0.497 e. The summed E-state index contributed by atoms with van der Waals surface area (Å²) in [7, 11) is -2.70. The molecule has 0 aliphatic rings. The molecule has 0 fully saturated rings. The van der Waals surface area contributed by atoms with E-state index in [1.54, 1.807) is 24.3 Å². The number of benzene rings is 2. The van der Waals surface area contributed by atoms with Crippen LogP contribution >= 0.6 is 0 Å². The maximum absolute atomic E-state index is 14.1. The molecule has 3 aromatic rings. The molecule has 0 amide bonds. The van der Waals surface area contributed by atoms with Gasteiger partial charge in [0.2, 0.25) is 10.0 Å². The molecule has 0 unspecified atom stereocenters. The predicted molar refractivity (Wildman–Crippen MR) is 107 cm³/mol. The standard InChI is InChI=1S/C20H21FN2O5S/c1-28-16-7-8-18-14(12-16)11-15(20(25)22-18)13-23(9-4-10-24)29(26,27)19-6-3-2-5-17(19)21/h2-3,5-8,11-12,24H,4,9-10,13H2,1H3,(H,22,25). The summed E-state index contributed by atoms with van der Waals surface area (Å²) in [5.41, 5.74) is 0.336. The minimum Gasteiger partial charge on any atom is -0.497 e. The molecule has 2 N–H and O–H groups in total. The smallest absolute Gasteiger partial charge is 0.252 e. The predicted octanol–water partition coefficient (Wildman–Crippen LogP) is 2.25. The number of halogens is 1. The zero-order valence-corrected chi connectivity index (χ0v) is 16.6. The van der Waals surface area contributed by atoms with Gasteiger partial charge in [-0.3, -0.25) is 4.79 Å². The summed E-state index contributed by atoms with van der Waals surface area (Å²) in [6.45, 7) is -0.573. The molecule has 3 rings (SSSR count). The topological polar surface area (TPSA) is 99.7 Å². The monoisotopic (exact) mass is 420 g/mol. The Labute approximate surface area is 167 Å². The van der Waals surface area contributed by atoms with E-state index in [0.29, 0.717) is 16.7 Å². The first kappa shape index (κ1) is 21.0. The maximum Gasteiger partial charge on any atom is 0.252 e. The van der Waals surface area contributed by atoms with E-state index in [1.165, 1.54) is 25.3 Å². The van der Waals surface area contributed by atoms with E-state index < -0.39 is 26.3 Å². The number of aliphatic hydroxyl groups is 1. The molecule has 154 valence electrons. The van der Waals surface area contributed by atoms with Crippen LogP contribution in [0.5, 0.6) is 5.75 Å². The molecule has 0 saturated heterocycles. The van der Waals surface area contributed by atoms with Crippen molar-refractivity contribution in [3.8, 4) is 5.75 Å². The van der Waals surface area contributed by atoms with Crippen LogP contribution in [0.4, 0.5) is 4.39 Å². The van der Waals surface area contributed by atoms with Gasteiger partial charge >= 0.3 is 0 Å². The van der Waals surface area contributed by atoms with Gasteiger partial charge in [0, 0.05) is 36.2 Å². The van der Waals surface area contributed by atoms with Crippen molar-refractivity contribution >= 4 is 20.9 Å². The Morgan fingerprint density at radius 3 is 2.62 bits per heavy atom. The van der Waals surface area contributed by atoms with Crippen molar-refractivity contribution in [2.75, 3.05) is 20.3 Å². The molecule has 1 heterocycles. The number of aromatic nitrogens is 1. The second-order valence-corrected chi connectivity index (χ2v) is 8.33. The third kappa shape index (κ3) is 4.47. The van der Waals surface area contributed by atoms with Crippen molar-refractivity contribution in [1.82, 2.24) is 9.29 Å². The van der Waals surface area contributed by atoms with Crippen LogP contribution in [0.25, 0.3) is 10.9 Å². The highest BCUT2D eigenvalue weighted by molar-refractivity contribution is 7.89. The van der Waals surface area contributed by atoms with Gasteiger partial charge in [-0.25, -0.2) is 12.8 Å². The first-order valence-corrected chi connectivity index (χ1v) is 10.4. The van der Waals surface area contributed by atoms with Crippen molar-refractivity contribution in [2.45, 2.75) is 17.9 Å². The molecule has 0 aliphatic heterocycles. The van der Waals surface area contributed by atoms with E-state index in [0.717, 1.165) is 10.4 Å². The van der Waals surface area contributed by atoms with E-state index in [9.17, 15) is 17.6 Å². The lowest BCUT2D eigenvalue weighted by molar-refractivity contribution is 0.267. The molecule has 1 aromatic heterocycles. The number of aromatic amines is 1. The number of rotatable bonds is 8. The minimum atomic E-state index is -4.22. The van der Waals surface area contributed by atoms with Gasteiger partial charge in [0.1, 0.15) is 16.5 Å². The van der Waals surface area contributed by atoms with E-state index in [1.807, 2.05) is 0 Å². The van der Waals surface area contributed by atoms with Gasteiger partial charge in [0.05, 0.1) is 7.11 Å². The normalized spacial score (nSPS) is 11.9. The van der Waals surface area contributed by atoms with Gasteiger partial charge in [0.15, 0.2) is 0 Å². The first-order chi connectivity index (χ1) is 13.9. The Hall–Kier alpha value is -2.75. The molecule has 2 aromatic carbocycles. The number of nitrogens with one attached hydrogen (secondary N) is 1. The third-order valence-corrected chi connectivity index (χ3v) is 6.37. The lowest BCUT2D eigenvalue weighted by Gasteiger charge is -2.22. The second-order valence-electron chi connectivity index (χ2n) is 6.42. The lowest BCUT2D eigenvalue weighted by atomic mass is 10.1. The summed E-state index contributed by atoms with van der Waals surface area (Å²) in [5, 5.41) is 9.82. The van der Waals surface area contributed by atoms with E-state index in [4.69, 9.17) is 9.84 Å². The van der Waals surface area contributed by atoms with Gasteiger partial charge in [-0.2, -0.15) is 4.31 Å². The van der Waals surface area contributed by atoms with Gasteiger partial charge in [-0.05, 0) is 42.8 Å². The molecule has 0 bridgehead atoms. The Balaban J connectivity index is 2.04. The van der Waals surface area contributed by atoms with Crippen LogP contribution in [0.2, 0.25) is 0 Å². The van der Waals surface area contributed by atoms with Gasteiger partial charge in [-0.1, -0.05) is 12.1 Å². The number of hydrogen-bond acceptors (Lipinski definition) is 5. The number of pyridine rings is 1. The number of aliphatic hydroxyl groups excluding tert-OH is 1. The minimum absolute atomic E-state index is 0.0667. The van der Waals surface area contributed by atoms with Crippen molar-refractivity contribution < 1.29 is 22.7 Å². The van der Waals surface area contributed by atoms with Crippen LogP contribution in [0.3, 0.4) is 0 Å². The van der Waals surface area contributed by atoms with Crippen LogP contribution in [-0.4, -0.2) is 43.1 Å². The number of hydrogen-bond donors (Lipinski definition) is 2. The molecule has 0 atom stereocenters. The Kier molecular flexibility index (Phi) is 6.31. The van der Waals surface area contributed by atoms with Crippen LogP contribution in [-0.2, 0) is 16.6 Å². The van der Waals surface area contributed by atoms with Gasteiger partial charge in [0.25, 0.3) is 5.56 Å². The molecule has 0 aliphatic carbocycles. The zero-order valence-electron chi connectivity index (χ0n) is 15.8. The zero-order chi connectivity index (χ0) is 21.0. The SMILES string of the molecule is COc1ccc2[nH]c(=O)c(CN(CCCO)S(=O)(=O)c3ccccc3F)cc2c1. The quantitative estimate of drug-likeness (QED) is 0.582. The van der Waals surface area contributed by atoms with Crippen LogP contribution in [0, 0.1) is 5.82 Å². The second kappa shape index (κ2) is 8.73. The fourth-order valence-electron chi connectivity index (χ4n) is 2.99. The van der Waals surface area contributed by atoms with E-state index >= 15 is 0 Å². The summed E-state index contributed by atoms with van der Waals surface area (Å²) in [5.74, 6) is -0.287. The van der Waals surface area contributed by atoms with Crippen molar-refractivity contribution in [3.63, 3.8) is 0 Å². The Morgan fingerprint density at radius 2 is 1.93 bits per heavy atom. The number of nitrogens with zero attached hydrogens (tertiary/aromatic N) is 1. The van der Waals surface area contributed by atoms with Crippen LogP contribution in [0.15, 0.2) is 58.2 Å². The average molecular weight is 420 g/mol. The summed E-state index contributed by atoms with van der Waals surface area (Å²) in [6.07, 6.45) is 0.146. The van der Waals surface area contributed by atoms with Crippen molar-refractivity contribution in [2.24, 2.45) is 0 Å². The molecule has 29 heavy (non-hydrogen) atoms. The summed E-state index contributed by atoms with van der Waals surface area (Å²) < 4.78 is 46.3. The third-order valence-electron chi connectivity index (χ3n) is 4.50. The van der Waals surface area contributed by atoms with E-state index in [-0.39, 0.29) is 31.7 Å². The summed E-state index contributed by atoms with van der Waals surface area (Å²) in [6, 6.07) is 11.8. The highest BCUT2D eigenvalue weighted by Gasteiger charge is 2.28. The van der Waals surface area contributed by atoms with Crippen LogP contribution < -0.4 is 10.3 Å². The molecule has 0 radical (unpaired) electrons. The Morgan fingerprint density at radius 1 is 1.17 bits per heavy atom. The van der Waals surface area contributed by atoms with E-state index in [2.05, 4.69) is 4.98 Å². The lowest BCUT2D eigenvalue weighted by Crippen LogP contribution is -2.34. The van der Waals surface area contributed by atoms with Crippen LogP contribution in [0.1, 0.15) is 12.0 Å². The van der Waals surface area contributed by atoms with Crippen molar-refractivity contribution in [1.29, 1.82) is 0 Å². The molecule has 9 heteroatoms. The first-order valence-electron chi connectivity index (χ1n) is 8.92. The number of H-pyrrole nitrogens is 1. The van der Waals surface area contributed by atoms with Crippen molar-refractivity contribution in [3.05, 3.63) is 70.3 Å². The molecule has 7 nitrogen and oxygen atoms in total. The highest BCUT2D eigenvalue weighted by atomic mass is 32.2. The average Bonchev–Trinajstić information content (AvgIpc) is 2.71. The summed E-state index contributed by atoms with van der Waals surface area (Å²) in [4.78, 5) is 14.7. The number of methoxy groups -OCH3 is 1. The maximum atomic E-state index is 14.1. The molecular weight excluding hydrogens is 399 g/mol. The summed E-state index contributed by atoms with van der Waals surface area (Å²) >= 11 is 0. The molecule has 0 spiro atoms.